The van der Waals surface area contributed by atoms with Gasteiger partial charge in [0.25, 0.3) is 0 Å². The highest BCUT2D eigenvalue weighted by Gasteiger charge is 2.36. The van der Waals surface area contributed by atoms with Gasteiger partial charge in [0.15, 0.2) is 0 Å². The Hall–Kier alpha value is -1.00. The second-order valence-electron chi connectivity index (χ2n) is 4.42. The molecule has 5 heteroatoms. The van der Waals surface area contributed by atoms with Gasteiger partial charge in [0.1, 0.15) is 5.82 Å². The van der Waals surface area contributed by atoms with Crippen molar-refractivity contribution in [3.63, 3.8) is 0 Å². The predicted octanol–water partition coefficient (Wildman–Crippen LogP) is 2.12. The summed E-state index contributed by atoms with van der Waals surface area (Å²) in [4.78, 5) is 4.32. The number of rotatable bonds is 0. The van der Waals surface area contributed by atoms with Gasteiger partial charge in [-0.25, -0.2) is 4.98 Å². The first-order valence-electron chi connectivity index (χ1n) is 5.53. The van der Waals surface area contributed by atoms with Crippen molar-refractivity contribution < 1.29 is 4.74 Å². The van der Waals surface area contributed by atoms with E-state index in [0.717, 1.165) is 44.1 Å². The van der Waals surface area contributed by atoms with Gasteiger partial charge < -0.3 is 15.4 Å². The molecule has 1 aromatic heterocycles. The topological polar surface area (TPSA) is 46.2 Å². The van der Waals surface area contributed by atoms with Crippen LogP contribution in [0.25, 0.3) is 0 Å². The van der Waals surface area contributed by atoms with E-state index in [4.69, 9.17) is 16.3 Å². The molecule has 2 aliphatic heterocycles. The summed E-state index contributed by atoms with van der Waals surface area (Å²) in [7, 11) is 0. The lowest BCUT2D eigenvalue weighted by Crippen LogP contribution is -2.51. The first kappa shape index (κ1) is 10.2. The van der Waals surface area contributed by atoms with Gasteiger partial charge in [-0.1, -0.05) is 11.6 Å². The van der Waals surface area contributed by atoms with E-state index in [1.54, 1.807) is 6.20 Å². The monoisotopic (exact) mass is 239 g/mol. The molecule has 1 fully saturated rings. The van der Waals surface area contributed by atoms with Gasteiger partial charge in [0.05, 0.1) is 16.2 Å². The highest BCUT2D eigenvalue weighted by molar-refractivity contribution is 6.30. The molecule has 3 heterocycles. The molecule has 3 rings (SSSR count). The average Bonchev–Trinajstić information content (AvgIpc) is 2.31. The van der Waals surface area contributed by atoms with Crippen LogP contribution in [0.3, 0.4) is 0 Å². The Morgan fingerprint density at radius 3 is 3.00 bits per heavy atom. The third kappa shape index (κ3) is 1.72. The zero-order chi connectivity index (χ0) is 11.0. The fourth-order valence-corrected chi connectivity index (χ4v) is 2.46. The van der Waals surface area contributed by atoms with E-state index < -0.39 is 0 Å². The molecular formula is C11H14ClN3O. The predicted molar refractivity (Wildman–Crippen MR) is 64.1 cm³/mol. The fourth-order valence-electron chi connectivity index (χ4n) is 2.30. The van der Waals surface area contributed by atoms with Crippen LogP contribution in [0.1, 0.15) is 12.8 Å². The van der Waals surface area contributed by atoms with Crippen LogP contribution in [0.5, 0.6) is 0 Å². The zero-order valence-corrected chi connectivity index (χ0v) is 9.68. The SMILES string of the molecule is Clc1cnc2c(c1)NCC1(CCOCC1)N2. The third-order valence-electron chi connectivity index (χ3n) is 3.31. The maximum Gasteiger partial charge on any atom is 0.149 e. The number of pyridine rings is 1. The van der Waals surface area contributed by atoms with E-state index in [1.807, 2.05) is 6.07 Å². The van der Waals surface area contributed by atoms with Crippen molar-refractivity contribution in [2.45, 2.75) is 18.4 Å². The van der Waals surface area contributed by atoms with Crippen molar-refractivity contribution in [2.75, 3.05) is 30.4 Å². The Labute approximate surface area is 99.3 Å². The van der Waals surface area contributed by atoms with Crippen LogP contribution in [-0.4, -0.2) is 30.3 Å². The average molecular weight is 240 g/mol. The number of hydrogen-bond donors (Lipinski definition) is 2. The molecule has 86 valence electrons. The Bertz CT molecular complexity index is 404. The lowest BCUT2D eigenvalue weighted by molar-refractivity contribution is 0.0633. The molecule has 2 N–H and O–H groups in total. The molecule has 1 spiro atoms. The highest BCUT2D eigenvalue weighted by atomic mass is 35.5. The van der Waals surface area contributed by atoms with Crippen molar-refractivity contribution in [1.29, 1.82) is 0 Å². The maximum atomic E-state index is 5.90. The second kappa shape index (κ2) is 3.79. The standard InChI is InChI=1S/C11H14ClN3O/c12-8-5-9-10(13-6-8)15-11(7-14-9)1-3-16-4-2-11/h5-6,14H,1-4,7H2,(H,13,15). The van der Waals surface area contributed by atoms with Crippen LogP contribution in [0.15, 0.2) is 12.3 Å². The van der Waals surface area contributed by atoms with Gasteiger partial charge >= 0.3 is 0 Å². The number of fused-ring (bicyclic) bond motifs is 1. The van der Waals surface area contributed by atoms with Gasteiger partial charge in [-0.15, -0.1) is 0 Å². The molecule has 0 aromatic carbocycles. The minimum atomic E-state index is 0.103. The summed E-state index contributed by atoms with van der Waals surface area (Å²) in [5.74, 6) is 0.901. The Balaban J connectivity index is 1.88. The zero-order valence-electron chi connectivity index (χ0n) is 8.92. The molecular weight excluding hydrogens is 226 g/mol. The summed E-state index contributed by atoms with van der Waals surface area (Å²) < 4.78 is 5.39. The highest BCUT2D eigenvalue weighted by Crippen LogP contribution is 2.34. The van der Waals surface area contributed by atoms with Crippen LogP contribution in [-0.2, 0) is 4.74 Å². The number of hydrogen-bond acceptors (Lipinski definition) is 4. The van der Waals surface area contributed by atoms with Crippen LogP contribution < -0.4 is 10.6 Å². The molecule has 0 atom stereocenters. The number of anilines is 2. The van der Waals surface area contributed by atoms with E-state index in [-0.39, 0.29) is 5.54 Å². The van der Waals surface area contributed by atoms with Crippen molar-refractivity contribution >= 4 is 23.1 Å². The van der Waals surface area contributed by atoms with E-state index in [0.29, 0.717) is 5.02 Å². The lowest BCUT2D eigenvalue weighted by atomic mass is 9.88. The van der Waals surface area contributed by atoms with Crippen LogP contribution >= 0.6 is 11.6 Å². The third-order valence-corrected chi connectivity index (χ3v) is 3.51. The molecule has 0 aliphatic carbocycles. The van der Waals surface area contributed by atoms with Crippen LogP contribution in [0.4, 0.5) is 11.5 Å². The summed E-state index contributed by atoms with van der Waals surface area (Å²) in [5, 5.41) is 7.59. The van der Waals surface area contributed by atoms with E-state index in [9.17, 15) is 0 Å². The van der Waals surface area contributed by atoms with Crippen molar-refractivity contribution in [3.05, 3.63) is 17.3 Å². The minimum absolute atomic E-state index is 0.103. The summed E-state index contributed by atoms with van der Waals surface area (Å²) in [6.07, 6.45) is 3.71. The van der Waals surface area contributed by atoms with E-state index in [2.05, 4.69) is 15.6 Å². The van der Waals surface area contributed by atoms with Gasteiger partial charge in [0, 0.05) is 26.0 Å². The number of aromatic nitrogens is 1. The molecule has 1 aromatic rings. The molecule has 1 saturated heterocycles. The fraction of sp³-hybridized carbons (Fsp3) is 0.545. The lowest BCUT2D eigenvalue weighted by Gasteiger charge is -2.42. The van der Waals surface area contributed by atoms with Crippen molar-refractivity contribution in [1.82, 2.24) is 4.98 Å². The largest absolute Gasteiger partial charge is 0.381 e. The number of nitrogens with zero attached hydrogens (tertiary/aromatic N) is 1. The normalized spacial score (nSPS) is 22.1. The summed E-state index contributed by atoms with van der Waals surface area (Å²) in [6.45, 7) is 2.54. The second-order valence-corrected chi connectivity index (χ2v) is 4.86. The first-order valence-corrected chi connectivity index (χ1v) is 5.91. The molecule has 0 amide bonds. The van der Waals surface area contributed by atoms with Crippen molar-refractivity contribution in [2.24, 2.45) is 0 Å². The molecule has 4 nitrogen and oxygen atoms in total. The molecule has 2 aliphatic rings. The van der Waals surface area contributed by atoms with E-state index in [1.165, 1.54) is 0 Å². The number of ether oxygens (including phenoxy) is 1. The molecule has 0 bridgehead atoms. The van der Waals surface area contributed by atoms with Crippen LogP contribution in [0.2, 0.25) is 5.02 Å². The van der Waals surface area contributed by atoms with Gasteiger partial charge in [-0.2, -0.15) is 0 Å². The number of halogens is 1. The van der Waals surface area contributed by atoms with Gasteiger partial charge in [-0.3, -0.25) is 0 Å². The van der Waals surface area contributed by atoms with E-state index >= 15 is 0 Å². The van der Waals surface area contributed by atoms with Crippen molar-refractivity contribution in [3.8, 4) is 0 Å². The Kier molecular flexibility index (Phi) is 2.41. The molecule has 16 heavy (non-hydrogen) atoms. The van der Waals surface area contributed by atoms with Gasteiger partial charge in [0.2, 0.25) is 0 Å². The summed E-state index contributed by atoms with van der Waals surface area (Å²) in [6, 6.07) is 1.91. The summed E-state index contributed by atoms with van der Waals surface area (Å²) in [5.41, 5.74) is 1.09. The van der Waals surface area contributed by atoms with Gasteiger partial charge in [-0.05, 0) is 18.9 Å². The quantitative estimate of drug-likeness (QED) is 0.728. The Morgan fingerprint density at radius 2 is 2.19 bits per heavy atom. The van der Waals surface area contributed by atoms with Crippen LogP contribution in [0, 0.1) is 0 Å². The smallest absolute Gasteiger partial charge is 0.149 e. The molecule has 0 saturated carbocycles. The maximum absolute atomic E-state index is 5.90. The Morgan fingerprint density at radius 1 is 1.38 bits per heavy atom. The molecule has 0 radical (unpaired) electrons. The summed E-state index contributed by atoms with van der Waals surface area (Å²) >= 11 is 5.90. The minimum Gasteiger partial charge on any atom is -0.381 e. The first-order chi connectivity index (χ1) is 7.77. The number of nitrogens with one attached hydrogen (secondary N) is 2. The molecule has 0 unspecified atom stereocenters.